The van der Waals surface area contributed by atoms with E-state index >= 15 is 0 Å². The molecule has 2 aliphatic rings. The van der Waals surface area contributed by atoms with Crippen LogP contribution in [0.4, 0.5) is 5.95 Å². The number of rotatable bonds is 8. The highest BCUT2D eigenvalue weighted by Crippen LogP contribution is 2.29. The first-order valence-corrected chi connectivity index (χ1v) is 12.3. The van der Waals surface area contributed by atoms with Gasteiger partial charge in [-0.05, 0) is 32.1 Å². The molecule has 1 unspecified atom stereocenters. The second-order valence-corrected chi connectivity index (χ2v) is 9.40. The van der Waals surface area contributed by atoms with Gasteiger partial charge in [0, 0.05) is 57.4 Å². The van der Waals surface area contributed by atoms with Crippen LogP contribution in [0.5, 0.6) is 0 Å². The smallest absolute Gasteiger partial charge is 0.229 e. The predicted molar refractivity (Wildman–Crippen MR) is 122 cm³/mol. The molecular weight excluding hydrogens is 406 g/mol. The molecule has 9 nitrogen and oxygen atoms in total. The van der Waals surface area contributed by atoms with Gasteiger partial charge in [-0.1, -0.05) is 32.3 Å². The number of hydrogen-bond acceptors (Lipinski definition) is 7. The van der Waals surface area contributed by atoms with Crippen molar-refractivity contribution in [2.75, 3.05) is 31.1 Å². The summed E-state index contributed by atoms with van der Waals surface area (Å²) < 4.78 is 7.70. The Kier molecular flexibility index (Phi) is 7.42. The second-order valence-electron chi connectivity index (χ2n) is 9.40. The minimum absolute atomic E-state index is 0.238. The summed E-state index contributed by atoms with van der Waals surface area (Å²) >= 11 is 0. The molecule has 2 aromatic heterocycles. The van der Waals surface area contributed by atoms with Crippen LogP contribution in [-0.2, 0) is 17.8 Å². The largest absolute Gasteiger partial charge is 0.343 e. The van der Waals surface area contributed by atoms with Crippen molar-refractivity contribution in [3.05, 3.63) is 17.5 Å². The summed E-state index contributed by atoms with van der Waals surface area (Å²) in [6.07, 6.45) is 7.88. The second kappa shape index (κ2) is 10.4. The lowest BCUT2D eigenvalue weighted by Crippen LogP contribution is -2.37. The summed E-state index contributed by atoms with van der Waals surface area (Å²) in [6, 6.07) is 0. The molecule has 32 heavy (non-hydrogen) atoms. The summed E-state index contributed by atoms with van der Waals surface area (Å²) in [7, 11) is 0. The van der Waals surface area contributed by atoms with Gasteiger partial charge in [-0.15, -0.1) is 10.2 Å². The van der Waals surface area contributed by atoms with Crippen LogP contribution in [0.2, 0.25) is 0 Å². The zero-order valence-electron chi connectivity index (χ0n) is 19.8. The van der Waals surface area contributed by atoms with Gasteiger partial charge in [0.05, 0.1) is 0 Å². The highest BCUT2D eigenvalue weighted by atomic mass is 16.5. The van der Waals surface area contributed by atoms with E-state index in [1.807, 2.05) is 4.90 Å². The maximum Gasteiger partial charge on any atom is 0.229 e. The zero-order valence-corrected chi connectivity index (χ0v) is 19.8. The molecule has 2 saturated heterocycles. The lowest BCUT2D eigenvalue weighted by atomic mass is 9.97. The van der Waals surface area contributed by atoms with Gasteiger partial charge in [0.15, 0.2) is 5.82 Å². The van der Waals surface area contributed by atoms with E-state index in [-0.39, 0.29) is 11.8 Å². The minimum atomic E-state index is 0.238. The van der Waals surface area contributed by atoms with Crippen molar-refractivity contribution in [1.82, 2.24) is 29.8 Å². The number of carbonyl (C=O) groups is 1. The third-order valence-corrected chi connectivity index (χ3v) is 6.63. The fraction of sp³-hybridized carbons (Fsp3) is 0.783. The van der Waals surface area contributed by atoms with Crippen molar-refractivity contribution in [3.8, 4) is 0 Å². The Morgan fingerprint density at radius 1 is 1.09 bits per heavy atom. The van der Waals surface area contributed by atoms with Crippen LogP contribution in [0.1, 0.15) is 95.1 Å². The quantitative estimate of drug-likeness (QED) is 0.616. The average Bonchev–Trinajstić information content (AvgIpc) is 3.40. The van der Waals surface area contributed by atoms with Crippen LogP contribution >= 0.6 is 0 Å². The number of amides is 1. The van der Waals surface area contributed by atoms with Crippen LogP contribution < -0.4 is 4.90 Å². The molecule has 0 saturated carbocycles. The average molecular weight is 444 g/mol. The highest BCUT2D eigenvalue weighted by Gasteiger charge is 2.29. The Morgan fingerprint density at radius 2 is 1.97 bits per heavy atom. The predicted octanol–water partition coefficient (Wildman–Crippen LogP) is 3.52. The topological polar surface area (TPSA) is 93.2 Å². The summed E-state index contributed by atoms with van der Waals surface area (Å²) in [6.45, 7) is 10.6. The Balaban J connectivity index is 1.42. The molecule has 9 heteroatoms. The van der Waals surface area contributed by atoms with E-state index < -0.39 is 0 Å². The highest BCUT2D eigenvalue weighted by molar-refractivity contribution is 5.76. The number of hydrogen-bond donors (Lipinski definition) is 0. The molecular formula is C23H37N7O2. The summed E-state index contributed by atoms with van der Waals surface area (Å²) in [5, 5.41) is 13.3. The Labute approximate surface area is 190 Å². The normalized spacial score (nSPS) is 20.2. The van der Waals surface area contributed by atoms with Gasteiger partial charge in [-0.2, -0.15) is 4.98 Å². The number of carbonyl (C=O) groups excluding carboxylic acids is 1. The van der Waals surface area contributed by atoms with E-state index in [9.17, 15) is 4.79 Å². The zero-order chi connectivity index (χ0) is 22.5. The number of likely N-dealkylation sites (tertiary alicyclic amines) is 1. The molecule has 1 amide bonds. The van der Waals surface area contributed by atoms with E-state index in [1.165, 1.54) is 0 Å². The molecule has 4 heterocycles. The molecule has 0 bridgehead atoms. The van der Waals surface area contributed by atoms with Crippen LogP contribution in [-0.4, -0.2) is 61.9 Å². The number of aromatic nitrogens is 5. The lowest BCUT2D eigenvalue weighted by Gasteiger charge is -2.32. The standard InChI is InChI=1S/C23H37N7O2/c1-4-19-25-26-23(30(19)15-9-14-28-12-7-5-6-11-20(28)31)29-13-8-10-18(16-29)21-24-22(17(2)3)32-27-21/h17-18H,4-16H2,1-3H3. The van der Waals surface area contributed by atoms with Gasteiger partial charge in [-0.3, -0.25) is 9.36 Å². The molecule has 1 atom stereocenters. The van der Waals surface area contributed by atoms with Crippen molar-refractivity contribution in [1.29, 1.82) is 0 Å². The number of nitrogens with zero attached hydrogens (tertiary/aromatic N) is 7. The summed E-state index contributed by atoms with van der Waals surface area (Å²) in [4.78, 5) is 21.3. The Hall–Kier alpha value is -2.45. The molecule has 0 radical (unpaired) electrons. The molecule has 0 N–H and O–H groups in total. The molecule has 2 aromatic rings. The molecule has 4 rings (SSSR count). The number of piperidine rings is 1. The van der Waals surface area contributed by atoms with Gasteiger partial charge < -0.3 is 14.3 Å². The molecule has 2 aliphatic heterocycles. The number of anilines is 1. The van der Waals surface area contributed by atoms with E-state index in [4.69, 9.17) is 4.52 Å². The van der Waals surface area contributed by atoms with E-state index in [1.54, 1.807) is 0 Å². The third kappa shape index (κ3) is 5.13. The minimum Gasteiger partial charge on any atom is -0.343 e. The van der Waals surface area contributed by atoms with Crippen molar-refractivity contribution >= 4 is 11.9 Å². The molecule has 176 valence electrons. The monoisotopic (exact) mass is 443 g/mol. The first-order valence-electron chi connectivity index (χ1n) is 12.3. The molecule has 0 aromatic carbocycles. The van der Waals surface area contributed by atoms with Crippen molar-refractivity contribution < 1.29 is 9.32 Å². The third-order valence-electron chi connectivity index (χ3n) is 6.63. The van der Waals surface area contributed by atoms with Gasteiger partial charge in [0.25, 0.3) is 0 Å². The van der Waals surface area contributed by atoms with E-state index in [2.05, 4.69) is 50.6 Å². The molecule has 2 fully saturated rings. The summed E-state index contributed by atoms with van der Waals surface area (Å²) in [5.41, 5.74) is 0. The van der Waals surface area contributed by atoms with Crippen molar-refractivity contribution in [3.63, 3.8) is 0 Å². The molecule has 0 spiro atoms. The maximum atomic E-state index is 12.3. The van der Waals surface area contributed by atoms with Gasteiger partial charge in [0.2, 0.25) is 17.7 Å². The number of aryl methyl sites for hydroxylation is 1. The van der Waals surface area contributed by atoms with Gasteiger partial charge in [0.1, 0.15) is 5.82 Å². The van der Waals surface area contributed by atoms with Gasteiger partial charge in [-0.25, -0.2) is 0 Å². The molecule has 0 aliphatic carbocycles. The van der Waals surface area contributed by atoms with Crippen LogP contribution in [0.3, 0.4) is 0 Å². The van der Waals surface area contributed by atoms with Crippen LogP contribution in [0.15, 0.2) is 4.52 Å². The van der Waals surface area contributed by atoms with E-state index in [0.717, 1.165) is 95.3 Å². The first kappa shape index (κ1) is 22.7. The first-order chi connectivity index (χ1) is 15.6. The van der Waals surface area contributed by atoms with Crippen LogP contribution in [0, 0.1) is 0 Å². The fourth-order valence-corrected chi connectivity index (χ4v) is 4.76. The Morgan fingerprint density at radius 3 is 2.75 bits per heavy atom. The fourth-order valence-electron chi connectivity index (χ4n) is 4.76. The van der Waals surface area contributed by atoms with Crippen LogP contribution in [0.25, 0.3) is 0 Å². The lowest BCUT2D eigenvalue weighted by molar-refractivity contribution is -0.130. The maximum absolute atomic E-state index is 12.3. The SMILES string of the molecule is CCc1nnc(N2CCCC(c3noc(C(C)C)n3)C2)n1CCCN1CCCCCC1=O. The van der Waals surface area contributed by atoms with E-state index in [0.29, 0.717) is 18.2 Å². The van der Waals surface area contributed by atoms with Crippen molar-refractivity contribution in [2.24, 2.45) is 0 Å². The Bertz CT molecular complexity index is 891. The van der Waals surface area contributed by atoms with Crippen molar-refractivity contribution in [2.45, 2.75) is 90.5 Å². The summed E-state index contributed by atoms with van der Waals surface area (Å²) in [5.74, 6) is 4.23. The van der Waals surface area contributed by atoms with Gasteiger partial charge >= 0.3 is 0 Å².